The molecule has 1 fully saturated rings. The van der Waals surface area contributed by atoms with Crippen molar-refractivity contribution in [1.29, 1.82) is 0 Å². The first-order valence-corrected chi connectivity index (χ1v) is 11.5. The zero-order valence-corrected chi connectivity index (χ0v) is 16.8. The summed E-state index contributed by atoms with van der Waals surface area (Å²) in [6.07, 6.45) is 4.02. The summed E-state index contributed by atoms with van der Waals surface area (Å²) in [4.78, 5) is 2.47. The van der Waals surface area contributed by atoms with Crippen LogP contribution in [0.4, 0.5) is 11.4 Å². The molecule has 6 nitrogen and oxygen atoms in total. The molecule has 1 aliphatic rings. The Morgan fingerprint density at radius 2 is 2.22 bits per heavy atom. The number of likely N-dealkylation sites (N-methyl/N-ethyl adjacent to an activating group) is 1. The van der Waals surface area contributed by atoms with Gasteiger partial charge >= 0.3 is 0 Å². The van der Waals surface area contributed by atoms with E-state index < -0.39 is 10.0 Å². The Labute approximate surface area is 163 Å². The van der Waals surface area contributed by atoms with Crippen molar-refractivity contribution in [1.82, 2.24) is 4.90 Å². The normalized spacial score (nSPS) is 18.2. The topological polar surface area (TPSA) is 74.6 Å². The maximum absolute atomic E-state index is 12.5. The van der Waals surface area contributed by atoms with E-state index in [1.54, 1.807) is 29.8 Å². The van der Waals surface area contributed by atoms with E-state index in [1.807, 2.05) is 12.1 Å². The smallest absolute Gasteiger partial charge is 0.271 e. The van der Waals surface area contributed by atoms with E-state index in [0.717, 1.165) is 36.3 Å². The van der Waals surface area contributed by atoms with Crippen LogP contribution in [0.2, 0.25) is 0 Å². The maximum Gasteiger partial charge on any atom is 0.271 e. The highest BCUT2D eigenvalue weighted by Crippen LogP contribution is 2.31. The number of rotatable bonds is 7. The van der Waals surface area contributed by atoms with E-state index in [2.05, 4.69) is 21.9 Å². The third-order valence-electron chi connectivity index (χ3n) is 5.00. The number of hydrogen-bond donors (Lipinski definition) is 2. The van der Waals surface area contributed by atoms with Gasteiger partial charge in [-0.15, -0.1) is 11.3 Å². The zero-order valence-electron chi connectivity index (χ0n) is 15.1. The highest BCUT2D eigenvalue weighted by Gasteiger charge is 2.23. The van der Waals surface area contributed by atoms with Crippen molar-refractivity contribution in [2.24, 2.45) is 0 Å². The quantitative estimate of drug-likeness (QED) is 0.616. The lowest BCUT2D eigenvalue weighted by Gasteiger charge is -2.23. The number of fused-ring (bicyclic) bond motifs is 1. The van der Waals surface area contributed by atoms with Gasteiger partial charge in [0.05, 0.1) is 17.6 Å². The van der Waals surface area contributed by atoms with Crippen LogP contribution in [0.3, 0.4) is 0 Å². The van der Waals surface area contributed by atoms with Gasteiger partial charge < -0.3 is 9.73 Å². The number of anilines is 2. The Hall–Kier alpha value is -2.03. The minimum Gasteiger partial charge on any atom is -0.462 e. The van der Waals surface area contributed by atoms with Crippen molar-refractivity contribution in [3.63, 3.8) is 0 Å². The van der Waals surface area contributed by atoms with E-state index in [0.29, 0.717) is 15.9 Å². The predicted octanol–water partition coefficient (Wildman–Crippen LogP) is 4.19. The van der Waals surface area contributed by atoms with E-state index >= 15 is 0 Å². The molecule has 1 aromatic carbocycles. The fourth-order valence-corrected chi connectivity index (χ4v) is 5.70. The summed E-state index contributed by atoms with van der Waals surface area (Å²) >= 11 is 1.20. The Bertz CT molecular complexity index is 1010. The standard InChI is InChI=1S/C19H23N3O3S2/c1-2-22-8-3-5-16(22)13-20-17-12-15(11-14-7-9-25-19(14)17)21-27(23,24)18-6-4-10-26-18/h4,6-7,9-12,16,20-21H,2-3,5,8,13H2,1H3. The maximum atomic E-state index is 12.5. The third-order valence-corrected chi connectivity index (χ3v) is 7.78. The van der Waals surface area contributed by atoms with Crippen LogP contribution in [0.1, 0.15) is 19.8 Å². The Balaban J connectivity index is 1.58. The minimum absolute atomic E-state index is 0.300. The van der Waals surface area contributed by atoms with Crippen molar-refractivity contribution in [2.75, 3.05) is 29.7 Å². The van der Waals surface area contributed by atoms with E-state index in [4.69, 9.17) is 4.42 Å². The lowest BCUT2D eigenvalue weighted by atomic mass is 10.2. The van der Waals surface area contributed by atoms with Crippen molar-refractivity contribution in [3.05, 3.63) is 42.0 Å². The Morgan fingerprint density at radius 3 is 3.00 bits per heavy atom. The fraction of sp³-hybridized carbons (Fsp3) is 0.368. The largest absolute Gasteiger partial charge is 0.462 e. The lowest BCUT2D eigenvalue weighted by molar-refractivity contribution is 0.277. The average molecular weight is 406 g/mol. The first kappa shape index (κ1) is 18.3. The fourth-order valence-electron chi connectivity index (χ4n) is 3.66. The monoisotopic (exact) mass is 405 g/mol. The van der Waals surface area contributed by atoms with Crippen LogP contribution in [0.25, 0.3) is 11.0 Å². The molecule has 27 heavy (non-hydrogen) atoms. The molecule has 1 atom stereocenters. The van der Waals surface area contributed by atoms with Crippen molar-refractivity contribution in [2.45, 2.75) is 30.0 Å². The average Bonchev–Trinajstić information content (AvgIpc) is 3.39. The summed E-state index contributed by atoms with van der Waals surface area (Å²) in [6.45, 7) is 5.18. The molecule has 0 spiro atoms. The molecule has 1 saturated heterocycles. The molecule has 144 valence electrons. The molecule has 2 N–H and O–H groups in total. The molecular weight excluding hydrogens is 382 g/mol. The SMILES string of the molecule is CCN1CCCC1CNc1cc(NS(=O)(=O)c2cccs2)cc2ccoc12. The van der Waals surface area contributed by atoms with Crippen LogP contribution in [0, 0.1) is 0 Å². The highest BCUT2D eigenvalue weighted by atomic mass is 32.2. The number of furan rings is 1. The molecule has 3 heterocycles. The van der Waals surface area contributed by atoms with Crippen LogP contribution in [0.5, 0.6) is 0 Å². The summed E-state index contributed by atoms with van der Waals surface area (Å²) in [5, 5.41) is 6.09. The molecule has 3 aromatic rings. The van der Waals surface area contributed by atoms with Crippen LogP contribution in [-0.2, 0) is 10.0 Å². The second-order valence-electron chi connectivity index (χ2n) is 6.71. The second-order valence-corrected chi connectivity index (χ2v) is 9.56. The second kappa shape index (κ2) is 7.53. The minimum atomic E-state index is -3.58. The number of nitrogens with one attached hydrogen (secondary N) is 2. The van der Waals surface area contributed by atoms with Gasteiger partial charge in [0.1, 0.15) is 4.21 Å². The summed E-state index contributed by atoms with van der Waals surface area (Å²) in [7, 11) is -3.58. The number of hydrogen-bond acceptors (Lipinski definition) is 6. The summed E-state index contributed by atoms with van der Waals surface area (Å²) in [5.41, 5.74) is 2.08. The van der Waals surface area contributed by atoms with Gasteiger partial charge in [-0.3, -0.25) is 9.62 Å². The number of likely N-dealkylation sites (tertiary alicyclic amines) is 1. The predicted molar refractivity (Wildman–Crippen MR) is 110 cm³/mol. The zero-order chi connectivity index (χ0) is 18.9. The molecule has 1 aliphatic heterocycles. The van der Waals surface area contributed by atoms with Gasteiger partial charge in [-0.1, -0.05) is 13.0 Å². The van der Waals surface area contributed by atoms with Crippen LogP contribution in [-0.4, -0.2) is 39.0 Å². The third kappa shape index (κ3) is 3.83. The number of nitrogens with zero attached hydrogens (tertiary/aromatic N) is 1. The highest BCUT2D eigenvalue weighted by molar-refractivity contribution is 7.94. The van der Waals surface area contributed by atoms with E-state index in [1.165, 1.54) is 24.2 Å². The first-order valence-electron chi connectivity index (χ1n) is 9.12. The summed E-state index contributed by atoms with van der Waals surface area (Å²) < 4.78 is 33.7. The molecule has 0 bridgehead atoms. The molecule has 0 radical (unpaired) electrons. The van der Waals surface area contributed by atoms with Crippen LogP contribution in [0.15, 0.2) is 50.6 Å². The van der Waals surface area contributed by atoms with Crippen LogP contribution < -0.4 is 10.0 Å². The molecular formula is C19H23N3O3S2. The van der Waals surface area contributed by atoms with Crippen molar-refractivity contribution < 1.29 is 12.8 Å². The van der Waals surface area contributed by atoms with Gasteiger partial charge in [-0.05, 0) is 55.6 Å². The van der Waals surface area contributed by atoms with Gasteiger partial charge in [0.15, 0.2) is 5.58 Å². The van der Waals surface area contributed by atoms with Crippen molar-refractivity contribution in [3.8, 4) is 0 Å². The molecule has 4 rings (SSSR count). The lowest BCUT2D eigenvalue weighted by Crippen LogP contribution is -2.34. The molecule has 8 heteroatoms. The van der Waals surface area contributed by atoms with Gasteiger partial charge in [0.25, 0.3) is 10.0 Å². The molecule has 0 aliphatic carbocycles. The first-order chi connectivity index (χ1) is 13.1. The number of benzene rings is 1. The van der Waals surface area contributed by atoms with Gasteiger partial charge in [0.2, 0.25) is 0 Å². The Kier molecular flexibility index (Phi) is 5.12. The van der Waals surface area contributed by atoms with Crippen molar-refractivity contribution >= 4 is 43.7 Å². The van der Waals surface area contributed by atoms with Gasteiger partial charge in [-0.2, -0.15) is 0 Å². The molecule has 1 unspecified atom stereocenters. The molecule has 0 amide bonds. The molecule has 0 saturated carbocycles. The number of thiophene rings is 1. The van der Waals surface area contributed by atoms with E-state index in [-0.39, 0.29) is 0 Å². The summed E-state index contributed by atoms with van der Waals surface area (Å²) in [6, 6.07) is 9.27. The van der Waals surface area contributed by atoms with Gasteiger partial charge in [0, 0.05) is 18.0 Å². The van der Waals surface area contributed by atoms with E-state index in [9.17, 15) is 8.42 Å². The van der Waals surface area contributed by atoms with Gasteiger partial charge in [-0.25, -0.2) is 8.42 Å². The number of sulfonamides is 1. The summed E-state index contributed by atoms with van der Waals surface area (Å²) in [5.74, 6) is 0. The van der Waals surface area contributed by atoms with Crippen LogP contribution >= 0.6 is 11.3 Å². The Morgan fingerprint density at radius 1 is 1.33 bits per heavy atom. The molecule has 2 aromatic heterocycles.